The van der Waals surface area contributed by atoms with Crippen LogP contribution in [-0.4, -0.2) is 37.6 Å². The molecule has 11 nitrogen and oxygen atoms in total. The standard InChI is InChI=1S/C22H14N4O7/c27-20(15-9-11-16(12-10-15)25(30)31)23(13-14-5-2-1-3-6-14)24-21(28)17-7-4-8-18(26(32)33)19(17)22(24)29/h1-12H,13H2. The highest BCUT2D eigenvalue weighted by Crippen LogP contribution is 2.32. The molecule has 1 aliphatic rings. The molecule has 0 aliphatic carbocycles. The number of hydrogen-bond acceptors (Lipinski definition) is 7. The number of hydrogen-bond donors (Lipinski definition) is 0. The summed E-state index contributed by atoms with van der Waals surface area (Å²) in [6.07, 6.45) is 0. The van der Waals surface area contributed by atoms with E-state index in [9.17, 15) is 34.6 Å². The SMILES string of the molecule is O=C(c1ccc([N+](=O)[O-])cc1)N(Cc1ccccc1)N1C(=O)c2cccc([N+](=O)[O-])c2C1=O. The Balaban J connectivity index is 1.78. The van der Waals surface area contributed by atoms with Crippen molar-refractivity contribution in [3.05, 3.63) is 115 Å². The van der Waals surface area contributed by atoms with Crippen LogP contribution < -0.4 is 0 Å². The summed E-state index contributed by atoms with van der Waals surface area (Å²) in [6, 6.07) is 16.8. The molecule has 1 heterocycles. The molecule has 164 valence electrons. The Morgan fingerprint density at radius 3 is 2.09 bits per heavy atom. The van der Waals surface area contributed by atoms with Crippen LogP contribution in [0.25, 0.3) is 0 Å². The summed E-state index contributed by atoms with van der Waals surface area (Å²) >= 11 is 0. The number of fused-ring (bicyclic) bond motifs is 1. The van der Waals surface area contributed by atoms with Gasteiger partial charge in [-0.1, -0.05) is 36.4 Å². The van der Waals surface area contributed by atoms with Gasteiger partial charge in [0.1, 0.15) is 5.56 Å². The number of rotatable bonds is 6. The predicted molar refractivity (Wildman–Crippen MR) is 113 cm³/mol. The van der Waals surface area contributed by atoms with E-state index in [1.807, 2.05) is 0 Å². The van der Waals surface area contributed by atoms with E-state index in [0.29, 0.717) is 10.6 Å². The zero-order valence-corrected chi connectivity index (χ0v) is 16.8. The fourth-order valence-electron chi connectivity index (χ4n) is 3.49. The molecule has 33 heavy (non-hydrogen) atoms. The summed E-state index contributed by atoms with van der Waals surface area (Å²) in [4.78, 5) is 60.5. The molecule has 0 bridgehead atoms. The van der Waals surface area contributed by atoms with E-state index in [1.165, 1.54) is 24.3 Å². The molecule has 0 spiro atoms. The second-order valence-corrected chi connectivity index (χ2v) is 7.03. The first kappa shape index (κ1) is 21.3. The zero-order valence-electron chi connectivity index (χ0n) is 16.8. The van der Waals surface area contributed by atoms with Crippen molar-refractivity contribution >= 4 is 29.1 Å². The number of non-ortho nitro benzene ring substituents is 1. The van der Waals surface area contributed by atoms with Crippen LogP contribution in [0.4, 0.5) is 11.4 Å². The molecule has 1 aliphatic heterocycles. The van der Waals surface area contributed by atoms with Gasteiger partial charge in [-0.05, 0) is 23.8 Å². The van der Waals surface area contributed by atoms with Gasteiger partial charge in [-0.25, -0.2) is 5.01 Å². The molecular formula is C22H14N4O7. The molecule has 0 saturated heterocycles. The lowest BCUT2D eigenvalue weighted by molar-refractivity contribution is -0.385. The van der Waals surface area contributed by atoms with Crippen LogP contribution in [0.15, 0.2) is 72.8 Å². The van der Waals surface area contributed by atoms with Gasteiger partial charge in [0.2, 0.25) is 0 Å². The first-order valence-corrected chi connectivity index (χ1v) is 9.56. The maximum absolute atomic E-state index is 13.4. The van der Waals surface area contributed by atoms with Gasteiger partial charge in [0, 0.05) is 23.8 Å². The van der Waals surface area contributed by atoms with E-state index in [-0.39, 0.29) is 23.4 Å². The van der Waals surface area contributed by atoms with Gasteiger partial charge >= 0.3 is 0 Å². The van der Waals surface area contributed by atoms with Gasteiger partial charge in [0.05, 0.1) is 22.0 Å². The molecule has 0 aromatic heterocycles. The number of amides is 3. The summed E-state index contributed by atoms with van der Waals surface area (Å²) in [7, 11) is 0. The van der Waals surface area contributed by atoms with E-state index >= 15 is 0 Å². The molecule has 0 N–H and O–H groups in total. The molecule has 3 aromatic rings. The van der Waals surface area contributed by atoms with Gasteiger partial charge in [-0.2, -0.15) is 5.01 Å². The average Bonchev–Trinajstić information content (AvgIpc) is 3.07. The predicted octanol–water partition coefficient (Wildman–Crippen LogP) is 3.36. The van der Waals surface area contributed by atoms with E-state index in [2.05, 4.69) is 0 Å². The number of nitro groups is 2. The Bertz CT molecular complexity index is 1310. The molecule has 0 saturated carbocycles. The minimum absolute atomic E-state index is 0.0115. The summed E-state index contributed by atoms with van der Waals surface area (Å²) in [5, 5.41) is 23.8. The Kier molecular flexibility index (Phi) is 5.36. The van der Waals surface area contributed by atoms with Crippen molar-refractivity contribution in [2.45, 2.75) is 6.54 Å². The normalized spacial score (nSPS) is 12.4. The monoisotopic (exact) mass is 446 g/mol. The highest BCUT2D eigenvalue weighted by atomic mass is 16.6. The number of carbonyl (C=O) groups is 3. The van der Waals surface area contributed by atoms with Crippen molar-refractivity contribution in [3.63, 3.8) is 0 Å². The molecule has 4 rings (SSSR count). The second-order valence-electron chi connectivity index (χ2n) is 7.03. The molecule has 3 aromatic carbocycles. The molecule has 0 radical (unpaired) electrons. The minimum Gasteiger partial charge on any atom is -0.267 e. The van der Waals surface area contributed by atoms with Gasteiger partial charge < -0.3 is 0 Å². The van der Waals surface area contributed by atoms with Crippen LogP contribution in [0.5, 0.6) is 0 Å². The van der Waals surface area contributed by atoms with Gasteiger partial charge in [-0.3, -0.25) is 34.6 Å². The number of nitro benzene ring substituents is 2. The summed E-state index contributed by atoms with van der Waals surface area (Å²) in [5.41, 5.74) is -0.805. The van der Waals surface area contributed by atoms with Gasteiger partial charge in [0.15, 0.2) is 0 Å². The van der Waals surface area contributed by atoms with Crippen LogP contribution in [-0.2, 0) is 6.54 Å². The second kappa shape index (κ2) is 8.30. The Morgan fingerprint density at radius 1 is 0.818 bits per heavy atom. The van der Waals surface area contributed by atoms with Crippen molar-refractivity contribution in [1.29, 1.82) is 0 Å². The van der Waals surface area contributed by atoms with E-state index < -0.39 is 38.8 Å². The maximum atomic E-state index is 13.4. The highest BCUT2D eigenvalue weighted by molar-refractivity contribution is 6.23. The van der Waals surface area contributed by atoms with Crippen LogP contribution >= 0.6 is 0 Å². The third kappa shape index (κ3) is 3.78. The van der Waals surface area contributed by atoms with Crippen molar-refractivity contribution < 1.29 is 24.2 Å². The lowest BCUT2D eigenvalue weighted by Crippen LogP contribution is -2.49. The molecule has 3 amide bonds. The van der Waals surface area contributed by atoms with Crippen molar-refractivity contribution in [3.8, 4) is 0 Å². The highest BCUT2D eigenvalue weighted by Gasteiger charge is 2.45. The molecule has 0 unspecified atom stereocenters. The van der Waals surface area contributed by atoms with Crippen LogP contribution in [0.2, 0.25) is 0 Å². The fourth-order valence-corrected chi connectivity index (χ4v) is 3.49. The number of hydrazine groups is 1. The van der Waals surface area contributed by atoms with Crippen molar-refractivity contribution in [1.82, 2.24) is 10.0 Å². The lowest BCUT2D eigenvalue weighted by atomic mass is 10.1. The molecular weight excluding hydrogens is 432 g/mol. The first-order valence-electron chi connectivity index (χ1n) is 9.56. The Labute approximate surface area is 185 Å². The first-order chi connectivity index (χ1) is 15.8. The van der Waals surface area contributed by atoms with E-state index in [4.69, 9.17) is 0 Å². The Morgan fingerprint density at radius 2 is 1.48 bits per heavy atom. The average molecular weight is 446 g/mol. The number of imide groups is 1. The van der Waals surface area contributed by atoms with E-state index in [1.54, 1.807) is 30.3 Å². The number of nitrogens with zero attached hydrogens (tertiary/aromatic N) is 4. The summed E-state index contributed by atoms with van der Waals surface area (Å²) in [5.74, 6) is -2.68. The Hall–Kier alpha value is -4.93. The minimum atomic E-state index is -1.01. The van der Waals surface area contributed by atoms with Gasteiger partial charge in [-0.15, -0.1) is 0 Å². The quantitative estimate of drug-likeness (QED) is 0.321. The van der Waals surface area contributed by atoms with Crippen LogP contribution in [0, 0.1) is 20.2 Å². The zero-order chi connectivity index (χ0) is 23.7. The van der Waals surface area contributed by atoms with Crippen molar-refractivity contribution in [2.24, 2.45) is 0 Å². The van der Waals surface area contributed by atoms with Gasteiger partial charge in [0.25, 0.3) is 29.1 Å². The third-order valence-corrected chi connectivity index (χ3v) is 5.04. The van der Waals surface area contributed by atoms with Crippen molar-refractivity contribution in [2.75, 3.05) is 0 Å². The molecule has 11 heteroatoms. The topological polar surface area (TPSA) is 144 Å². The summed E-state index contributed by atoms with van der Waals surface area (Å²) < 4.78 is 0. The van der Waals surface area contributed by atoms with E-state index in [0.717, 1.165) is 23.2 Å². The fraction of sp³-hybridized carbons (Fsp3) is 0.0455. The smallest absolute Gasteiger partial charge is 0.267 e. The summed E-state index contributed by atoms with van der Waals surface area (Å²) in [6.45, 7) is -0.198. The van der Waals surface area contributed by atoms with Crippen LogP contribution in [0.1, 0.15) is 36.6 Å². The lowest BCUT2D eigenvalue weighted by Gasteiger charge is -2.30. The number of carbonyl (C=O) groups excluding carboxylic acids is 3. The maximum Gasteiger partial charge on any atom is 0.287 e. The largest absolute Gasteiger partial charge is 0.287 e. The third-order valence-electron chi connectivity index (χ3n) is 5.04. The molecule has 0 fully saturated rings. The number of benzene rings is 3. The van der Waals surface area contributed by atoms with Crippen LogP contribution in [0.3, 0.4) is 0 Å². The molecule has 0 atom stereocenters.